The Morgan fingerprint density at radius 3 is 2.49 bits per heavy atom. The van der Waals surface area contributed by atoms with Crippen molar-refractivity contribution in [2.45, 2.75) is 39.2 Å². The largest absolute Gasteiger partial charge is 0.423 e. The number of allylic oxidation sites excluding steroid dienone is 3. The first-order valence-electron chi connectivity index (χ1n) is 9.71. The van der Waals surface area contributed by atoms with Crippen LogP contribution in [0.5, 0.6) is 0 Å². The number of fused-ring (bicyclic) bond motifs is 1. The highest BCUT2D eigenvalue weighted by molar-refractivity contribution is 6.33. The topological polar surface area (TPSA) is 81.1 Å². The molecule has 3 rings (SSSR count). The number of halogens is 8. The normalized spacial score (nSPS) is 14.8. The van der Waals surface area contributed by atoms with Crippen molar-refractivity contribution in [3.05, 3.63) is 51.6 Å². The summed E-state index contributed by atoms with van der Waals surface area (Å²) in [5.41, 5.74) is -1.15. The number of oxazole rings is 1. The number of anilines is 1. The maximum atomic E-state index is 13.1. The molecule has 188 valence electrons. The van der Waals surface area contributed by atoms with E-state index in [2.05, 4.69) is 25.4 Å². The molecule has 0 fully saturated rings. The number of alkyl halides is 6. The molecular formula is C20H16Cl2F6N6O. The Hall–Kier alpha value is -3.06. The molecule has 2 aromatic heterocycles. The first-order chi connectivity index (χ1) is 16.2. The minimum absolute atomic E-state index is 0.00634. The predicted octanol–water partition coefficient (Wildman–Crippen LogP) is 7.15. The highest BCUT2D eigenvalue weighted by Crippen LogP contribution is 2.38. The van der Waals surface area contributed by atoms with Gasteiger partial charge >= 0.3 is 12.4 Å². The number of hydrogen-bond donors (Lipinski definition) is 1. The number of nitrogens with one attached hydrogen (secondary N) is 1. The summed E-state index contributed by atoms with van der Waals surface area (Å²) in [5.74, 6) is 0.275. The Morgan fingerprint density at radius 1 is 1.20 bits per heavy atom. The van der Waals surface area contributed by atoms with Gasteiger partial charge in [0.05, 0.1) is 21.7 Å². The molecule has 1 aromatic carbocycles. The van der Waals surface area contributed by atoms with E-state index in [1.807, 2.05) is 0 Å². The second-order valence-corrected chi connectivity index (χ2v) is 7.86. The van der Waals surface area contributed by atoms with E-state index in [9.17, 15) is 26.3 Å². The number of hydrogen-bond acceptors (Lipinski definition) is 6. The van der Waals surface area contributed by atoms with Gasteiger partial charge in [0.25, 0.3) is 6.01 Å². The van der Waals surface area contributed by atoms with E-state index < -0.39 is 29.0 Å². The van der Waals surface area contributed by atoms with Gasteiger partial charge in [0.2, 0.25) is 0 Å². The molecule has 0 radical (unpaired) electrons. The average molecular weight is 541 g/mol. The molecule has 0 bridgehead atoms. The van der Waals surface area contributed by atoms with E-state index in [1.54, 1.807) is 13.8 Å². The number of aliphatic imine (C=N–C) groups is 1. The van der Waals surface area contributed by atoms with Crippen molar-refractivity contribution in [1.29, 1.82) is 0 Å². The lowest BCUT2D eigenvalue weighted by atomic mass is 10.2. The number of rotatable bonds is 6. The van der Waals surface area contributed by atoms with Crippen LogP contribution in [0.1, 0.15) is 37.1 Å². The fraction of sp³-hybridized carbons (Fsp3) is 0.300. The number of benzene rings is 1. The molecule has 0 aliphatic carbocycles. The second-order valence-electron chi connectivity index (χ2n) is 7.05. The molecule has 7 nitrogen and oxygen atoms in total. The number of nitrogens with zero attached hydrogens (tertiary/aromatic N) is 5. The average Bonchev–Trinajstić information content (AvgIpc) is 3.30. The van der Waals surface area contributed by atoms with Crippen LogP contribution in [0.15, 0.2) is 38.7 Å². The molecule has 1 atom stereocenters. The van der Waals surface area contributed by atoms with Gasteiger partial charge in [-0.3, -0.25) is 0 Å². The van der Waals surface area contributed by atoms with E-state index >= 15 is 0 Å². The molecule has 15 heteroatoms. The Kier molecular flexibility index (Phi) is 7.50. The van der Waals surface area contributed by atoms with Crippen LogP contribution in [0.4, 0.5) is 32.4 Å². The van der Waals surface area contributed by atoms with Gasteiger partial charge in [-0.05, 0) is 32.9 Å². The summed E-state index contributed by atoms with van der Waals surface area (Å²) < 4.78 is 83.7. The molecule has 2 heterocycles. The third kappa shape index (κ3) is 6.34. The molecule has 0 saturated carbocycles. The summed E-state index contributed by atoms with van der Waals surface area (Å²) in [6.45, 7) is 4.66. The van der Waals surface area contributed by atoms with Gasteiger partial charge in [0.15, 0.2) is 17.2 Å². The van der Waals surface area contributed by atoms with Crippen molar-refractivity contribution in [1.82, 2.24) is 19.7 Å². The van der Waals surface area contributed by atoms with Crippen LogP contribution in [0.2, 0.25) is 5.02 Å². The summed E-state index contributed by atoms with van der Waals surface area (Å²) in [5, 5.41) is 6.07. The smallest absolute Gasteiger partial charge is 0.417 e. The zero-order valence-corrected chi connectivity index (χ0v) is 19.6. The first kappa shape index (κ1) is 26.5. The standard InChI is InChI=1S/C20H16Cl2F6N6O/c1-4-29-17(12(21)5-6-19(23,24)25)34-16(31-10(3)33-34)9(2)30-18-32-14-7-11(20(26,27)28)13(22)8-15(14)35-18/h4-9H,1-3H3,(H,30,32)/b6-5+,17-12-,29-4-. The van der Waals surface area contributed by atoms with Gasteiger partial charge in [-0.25, -0.2) is 9.98 Å². The van der Waals surface area contributed by atoms with Crippen LogP contribution < -0.4 is 5.32 Å². The second kappa shape index (κ2) is 9.90. The van der Waals surface area contributed by atoms with Crippen molar-refractivity contribution in [2.24, 2.45) is 4.99 Å². The molecule has 3 aromatic rings. The lowest BCUT2D eigenvalue weighted by Gasteiger charge is -2.14. The highest BCUT2D eigenvalue weighted by atomic mass is 35.5. The Labute approximate surface area is 204 Å². The van der Waals surface area contributed by atoms with E-state index in [1.165, 1.54) is 13.1 Å². The Morgan fingerprint density at radius 2 is 1.89 bits per heavy atom. The van der Waals surface area contributed by atoms with Crippen LogP contribution in [-0.2, 0) is 6.18 Å². The molecular weight excluding hydrogens is 525 g/mol. The van der Waals surface area contributed by atoms with Crippen LogP contribution in [0, 0.1) is 6.92 Å². The summed E-state index contributed by atoms with van der Waals surface area (Å²) in [6, 6.07) is 0.856. The van der Waals surface area contributed by atoms with E-state index in [0.29, 0.717) is 6.08 Å². The van der Waals surface area contributed by atoms with Crippen molar-refractivity contribution in [3.63, 3.8) is 0 Å². The van der Waals surface area contributed by atoms with E-state index in [4.69, 9.17) is 27.6 Å². The first-order valence-corrected chi connectivity index (χ1v) is 10.5. The van der Waals surface area contributed by atoms with E-state index in [0.717, 1.165) is 16.8 Å². The van der Waals surface area contributed by atoms with Gasteiger partial charge in [-0.15, -0.1) is 5.10 Å². The van der Waals surface area contributed by atoms with Crippen molar-refractivity contribution < 1.29 is 30.8 Å². The van der Waals surface area contributed by atoms with Crippen molar-refractivity contribution in [3.8, 4) is 0 Å². The molecule has 0 amide bonds. The lowest BCUT2D eigenvalue weighted by Crippen LogP contribution is -2.15. The molecule has 0 aliphatic heterocycles. The Bertz CT molecular complexity index is 1320. The van der Waals surface area contributed by atoms with Crippen molar-refractivity contribution >= 4 is 52.4 Å². The maximum absolute atomic E-state index is 13.1. The minimum atomic E-state index is -4.68. The van der Waals surface area contributed by atoms with Gasteiger partial charge in [0.1, 0.15) is 11.3 Å². The fourth-order valence-electron chi connectivity index (χ4n) is 2.93. The zero-order valence-electron chi connectivity index (χ0n) is 18.1. The van der Waals surface area contributed by atoms with Gasteiger partial charge in [0, 0.05) is 18.4 Å². The SMILES string of the molecule is C\C=N/C(=C(Cl)\C=C\C(F)(F)F)n1nc(C)nc1C(C)Nc1nc2cc(C(F)(F)F)c(Cl)cc2o1. The summed E-state index contributed by atoms with van der Waals surface area (Å²) in [7, 11) is 0. The monoisotopic (exact) mass is 540 g/mol. The lowest BCUT2D eigenvalue weighted by molar-refractivity contribution is -0.137. The molecule has 0 saturated heterocycles. The third-order valence-electron chi connectivity index (χ3n) is 4.33. The Balaban J connectivity index is 1.98. The van der Waals surface area contributed by atoms with Crippen LogP contribution in [-0.4, -0.2) is 32.1 Å². The minimum Gasteiger partial charge on any atom is -0.423 e. The number of aromatic nitrogens is 4. The summed E-state index contributed by atoms with van der Waals surface area (Å²) in [4.78, 5) is 12.3. The van der Waals surface area contributed by atoms with Gasteiger partial charge in [-0.2, -0.15) is 36.0 Å². The van der Waals surface area contributed by atoms with Crippen LogP contribution >= 0.6 is 23.2 Å². The molecule has 1 N–H and O–H groups in total. The fourth-order valence-corrected chi connectivity index (χ4v) is 3.38. The van der Waals surface area contributed by atoms with E-state index in [-0.39, 0.29) is 45.7 Å². The highest BCUT2D eigenvalue weighted by Gasteiger charge is 2.34. The molecule has 1 unspecified atom stereocenters. The molecule has 0 spiro atoms. The zero-order chi connectivity index (χ0) is 26.1. The van der Waals surface area contributed by atoms with Gasteiger partial charge in [-0.1, -0.05) is 23.2 Å². The predicted molar refractivity (Wildman–Crippen MR) is 119 cm³/mol. The van der Waals surface area contributed by atoms with Crippen molar-refractivity contribution in [2.75, 3.05) is 5.32 Å². The third-order valence-corrected chi connectivity index (χ3v) is 4.94. The summed E-state index contributed by atoms with van der Waals surface area (Å²) in [6.07, 6.45) is -7.39. The molecule has 35 heavy (non-hydrogen) atoms. The maximum Gasteiger partial charge on any atom is 0.417 e. The molecule has 0 aliphatic rings. The van der Waals surface area contributed by atoms with Crippen LogP contribution in [0.25, 0.3) is 16.9 Å². The quantitative estimate of drug-likeness (QED) is 0.204. The van der Waals surface area contributed by atoms with Crippen LogP contribution in [0.3, 0.4) is 0 Å². The van der Waals surface area contributed by atoms with Gasteiger partial charge < -0.3 is 9.73 Å². The number of aryl methyl sites for hydroxylation is 1. The summed E-state index contributed by atoms with van der Waals surface area (Å²) >= 11 is 11.8.